The summed E-state index contributed by atoms with van der Waals surface area (Å²) in [5.74, 6) is 0. The summed E-state index contributed by atoms with van der Waals surface area (Å²) >= 11 is 0.306. The molecule has 7 aromatic rings. The fourth-order valence-electron chi connectivity index (χ4n) is 4.59. The minimum atomic E-state index is 0.306. The number of para-hydroxylation sites is 1. The van der Waals surface area contributed by atoms with E-state index in [0.717, 1.165) is 11.0 Å². The van der Waals surface area contributed by atoms with E-state index in [0.29, 0.717) is 14.5 Å². The maximum absolute atomic E-state index is 5.70. The summed E-state index contributed by atoms with van der Waals surface area (Å²) in [5.41, 5.74) is 4.72. The Labute approximate surface area is 172 Å². The molecule has 3 heterocycles. The summed E-state index contributed by atoms with van der Waals surface area (Å²) in [5, 5.41) is 6.42. The molecule has 0 aliphatic heterocycles. The van der Waals surface area contributed by atoms with Gasteiger partial charge in [0.25, 0.3) is 0 Å². The first-order chi connectivity index (χ1) is 14.4. The molecule has 136 valence electrons. The first-order valence-corrected chi connectivity index (χ1v) is 11.4. The van der Waals surface area contributed by atoms with Crippen LogP contribution in [-0.4, -0.2) is 19.1 Å². The standard InChI is InChI=1S/C26H15NOSe/c1-3-9-21-17(6-1)20-15-24-16(12-13-28-24)14-23(20)27(21)22-10-5-8-19-18-7-2-4-11-25(18)29-26(19)22/h1-15H. The molecule has 0 radical (unpaired) electrons. The van der Waals surface area contributed by atoms with Gasteiger partial charge in [0, 0.05) is 0 Å². The fourth-order valence-corrected chi connectivity index (χ4v) is 7.12. The molecule has 0 aliphatic rings. The molecule has 0 spiro atoms. The second-order valence-electron chi connectivity index (χ2n) is 7.43. The maximum atomic E-state index is 5.70. The molecular weight excluding hydrogens is 421 g/mol. The zero-order chi connectivity index (χ0) is 18.9. The third kappa shape index (κ3) is 2.06. The number of benzene rings is 4. The van der Waals surface area contributed by atoms with Crippen LogP contribution in [0, 0.1) is 0 Å². The number of hydrogen-bond acceptors (Lipinski definition) is 1. The van der Waals surface area contributed by atoms with Gasteiger partial charge in [-0.2, -0.15) is 0 Å². The van der Waals surface area contributed by atoms with Gasteiger partial charge in [0.05, 0.1) is 0 Å². The van der Waals surface area contributed by atoms with Gasteiger partial charge >= 0.3 is 172 Å². The average molecular weight is 436 g/mol. The Morgan fingerprint density at radius 2 is 1.48 bits per heavy atom. The van der Waals surface area contributed by atoms with Gasteiger partial charge in [-0.15, -0.1) is 0 Å². The predicted octanol–water partition coefficient (Wildman–Crippen LogP) is 6.89. The van der Waals surface area contributed by atoms with Crippen molar-refractivity contribution in [1.29, 1.82) is 0 Å². The summed E-state index contributed by atoms with van der Waals surface area (Å²) in [6, 6.07) is 30.8. The van der Waals surface area contributed by atoms with Crippen LogP contribution in [0.4, 0.5) is 0 Å². The molecule has 0 fully saturated rings. The number of rotatable bonds is 1. The van der Waals surface area contributed by atoms with E-state index in [1.807, 2.05) is 6.07 Å². The second kappa shape index (κ2) is 5.64. The van der Waals surface area contributed by atoms with Gasteiger partial charge < -0.3 is 0 Å². The number of nitrogens with zero attached hydrogens (tertiary/aromatic N) is 1. The molecule has 7 rings (SSSR count). The normalized spacial score (nSPS) is 12.1. The topological polar surface area (TPSA) is 18.1 Å². The molecule has 3 heteroatoms. The van der Waals surface area contributed by atoms with Crippen LogP contribution in [0.15, 0.2) is 95.6 Å². The first-order valence-electron chi connectivity index (χ1n) is 9.69. The van der Waals surface area contributed by atoms with Crippen LogP contribution >= 0.6 is 0 Å². The van der Waals surface area contributed by atoms with Crippen LogP contribution in [0.1, 0.15) is 0 Å². The van der Waals surface area contributed by atoms with Crippen LogP contribution in [0.2, 0.25) is 0 Å². The molecule has 3 aromatic heterocycles. The summed E-state index contributed by atoms with van der Waals surface area (Å²) in [7, 11) is 0. The molecule has 4 aromatic carbocycles. The molecule has 0 amide bonds. The SMILES string of the molecule is c1ccc2c(c1)[se]c1c(-n3c4ccccc4c4cc5occc5cc43)cccc12. The summed E-state index contributed by atoms with van der Waals surface area (Å²) in [6.45, 7) is 0. The predicted molar refractivity (Wildman–Crippen MR) is 123 cm³/mol. The van der Waals surface area contributed by atoms with Gasteiger partial charge in [-0.1, -0.05) is 0 Å². The molecule has 0 atom stereocenters. The van der Waals surface area contributed by atoms with Gasteiger partial charge in [0.1, 0.15) is 0 Å². The van der Waals surface area contributed by atoms with Crippen molar-refractivity contribution in [3.63, 3.8) is 0 Å². The van der Waals surface area contributed by atoms with Gasteiger partial charge in [-0.3, -0.25) is 0 Å². The van der Waals surface area contributed by atoms with Gasteiger partial charge in [0.15, 0.2) is 0 Å². The van der Waals surface area contributed by atoms with Crippen LogP contribution < -0.4 is 0 Å². The summed E-state index contributed by atoms with van der Waals surface area (Å²) in [6.07, 6.45) is 1.77. The molecule has 0 N–H and O–H groups in total. The minimum absolute atomic E-state index is 0.306. The average Bonchev–Trinajstić information content (AvgIpc) is 3.45. The molecule has 2 nitrogen and oxygen atoms in total. The second-order valence-corrected chi connectivity index (χ2v) is 9.64. The van der Waals surface area contributed by atoms with E-state index in [2.05, 4.69) is 83.4 Å². The van der Waals surface area contributed by atoms with E-state index in [1.165, 1.54) is 46.8 Å². The van der Waals surface area contributed by atoms with Gasteiger partial charge in [-0.05, 0) is 0 Å². The molecule has 0 bridgehead atoms. The van der Waals surface area contributed by atoms with E-state index in [4.69, 9.17) is 4.42 Å². The number of fused-ring (bicyclic) bond motifs is 7. The van der Waals surface area contributed by atoms with Crippen molar-refractivity contribution in [2.24, 2.45) is 0 Å². The van der Waals surface area contributed by atoms with Crippen LogP contribution in [0.25, 0.3) is 57.8 Å². The number of furan rings is 1. The van der Waals surface area contributed by atoms with E-state index < -0.39 is 0 Å². The van der Waals surface area contributed by atoms with Crippen LogP contribution in [0.3, 0.4) is 0 Å². The monoisotopic (exact) mass is 437 g/mol. The zero-order valence-corrected chi connectivity index (χ0v) is 17.1. The first kappa shape index (κ1) is 15.6. The number of aromatic nitrogens is 1. The van der Waals surface area contributed by atoms with E-state index in [-0.39, 0.29) is 0 Å². The Hall–Kier alpha value is -3.26. The van der Waals surface area contributed by atoms with Crippen molar-refractivity contribution in [3.05, 3.63) is 91.2 Å². The Morgan fingerprint density at radius 1 is 0.655 bits per heavy atom. The Kier molecular flexibility index (Phi) is 3.04. The van der Waals surface area contributed by atoms with Crippen LogP contribution in [-0.2, 0) is 0 Å². The third-order valence-electron chi connectivity index (χ3n) is 5.87. The molecule has 0 aliphatic carbocycles. The summed E-state index contributed by atoms with van der Waals surface area (Å²) < 4.78 is 11.1. The van der Waals surface area contributed by atoms with Crippen molar-refractivity contribution in [2.75, 3.05) is 0 Å². The van der Waals surface area contributed by atoms with E-state index in [1.54, 1.807) is 6.26 Å². The van der Waals surface area contributed by atoms with Crippen molar-refractivity contribution in [2.45, 2.75) is 0 Å². The third-order valence-corrected chi connectivity index (χ3v) is 8.41. The van der Waals surface area contributed by atoms with Crippen molar-refractivity contribution >= 4 is 66.6 Å². The van der Waals surface area contributed by atoms with Crippen molar-refractivity contribution in [3.8, 4) is 5.69 Å². The fraction of sp³-hybridized carbons (Fsp3) is 0. The summed E-state index contributed by atoms with van der Waals surface area (Å²) in [4.78, 5) is 0. The molecule has 0 saturated heterocycles. The van der Waals surface area contributed by atoms with Crippen molar-refractivity contribution < 1.29 is 4.42 Å². The number of hydrogen-bond donors (Lipinski definition) is 0. The Balaban J connectivity index is 1.71. The van der Waals surface area contributed by atoms with E-state index >= 15 is 0 Å². The molecule has 0 saturated carbocycles. The molecule has 0 unspecified atom stereocenters. The quantitative estimate of drug-likeness (QED) is 0.256. The van der Waals surface area contributed by atoms with Gasteiger partial charge in [0.2, 0.25) is 0 Å². The van der Waals surface area contributed by atoms with Crippen LogP contribution in [0.5, 0.6) is 0 Å². The Morgan fingerprint density at radius 3 is 2.45 bits per heavy atom. The van der Waals surface area contributed by atoms with Crippen molar-refractivity contribution in [1.82, 2.24) is 4.57 Å². The van der Waals surface area contributed by atoms with E-state index in [9.17, 15) is 0 Å². The van der Waals surface area contributed by atoms with Gasteiger partial charge in [-0.25, -0.2) is 0 Å². The molecule has 29 heavy (non-hydrogen) atoms. The molecular formula is C26H15NOSe. The Bertz CT molecular complexity index is 1710. The zero-order valence-electron chi connectivity index (χ0n) is 15.4.